The van der Waals surface area contributed by atoms with E-state index in [0.29, 0.717) is 37.6 Å². The second-order valence-corrected chi connectivity index (χ2v) is 9.91. The van der Waals surface area contributed by atoms with Crippen LogP contribution in [0.25, 0.3) is 0 Å². The molecule has 4 amide bonds. The lowest BCUT2D eigenvalue weighted by molar-refractivity contribution is -0.174. The third-order valence-corrected chi connectivity index (χ3v) is 5.57. The molecule has 2 saturated heterocycles. The van der Waals surface area contributed by atoms with Crippen LogP contribution in [0, 0.1) is 23.2 Å². The number of carbonyl (C=O) groups excluding carboxylic acids is 5. The minimum absolute atomic E-state index is 0.204. The number of halogens is 3. The summed E-state index contributed by atoms with van der Waals surface area (Å²) in [6.45, 7) is 13.8. The van der Waals surface area contributed by atoms with Crippen LogP contribution in [0.1, 0.15) is 54.4 Å². The molecule has 37 heavy (non-hydrogen) atoms. The van der Waals surface area contributed by atoms with Gasteiger partial charge in [-0.3, -0.25) is 19.2 Å². The molecule has 10 nitrogen and oxygen atoms in total. The summed E-state index contributed by atoms with van der Waals surface area (Å²) in [4.78, 5) is 53.0. The van der Waals surface area contributed by atoms with E-state index in [2.05, 4.69) is 51.0 Å². The van der Waals surface area contributed by atoms with Gasteiger partial charge in [0.1, 0.15) is 6.29 Å². The molecule has 1 saturated carbocycles. The van der Waals surface area contributed by atoms with Crippen molar-refractivity contribution in [3.8, 4) is 0 Å². The van der Waals surface area contributed by atoms with Gasteiger partial charge in [0.25, 0.3) is 0 Å². The molecule has 0 bridgehead atoms. The highest BCUT2D eigenvalue weighted by Crippen LogP contribution is 2.61. The molecule has 13 heteroatoms. The molecule has 0 spiro atoms. The van der Waals surface area contributed by atoms with Crippen molar-refractivity contribution in [1.82, 2.24) is 20.9 Å². The average molecular weight is 540 g/mol. The van der Waals surface area contributed by atoms with E-state index >= 15 is 0 Å². The van der Waals surface area contributed by atoms with Crippen LogP contribution in [0.15, 0.2) is 0 Å². The molecule has 0 aromatic heterocycles. The van der Waals surface area contributed by atoms with E-state index in [4.69, 9.17) is 0 Å². The highest BCUT2D eigenvalue weighted by Gasteiger charge is 2.62. The fraction of sp³-hybridized carbons (Fsp3) is 0.792. The topological polar surface area (TPSA) is 151 Å². The summed E-state index contributed by atoms with van der Waals surface area (Å²) < 4.78 is 35.7. The first-order valence-corrected chi connectivity index (χ1v) is 12.2. The Morgan fingerprint density at radius 3 is 1.89 bits per heavy atom. The molecule has 2 heterocycles. The number of amides is 4. The smallest absolute Gasteiger partial charge is 0.356 e. The van der Waals surface area contributed by atoms with Gasteiger partial charge in [-0.2, -0.15) is 13.2 Å². The Labute approximate surface area is 217 Å². The summed E-state index contributed by atoms with van der Waals surface area (Å²) in [5.41, 5.74) is 4.74. The zero-order valence-corrected chi connectivity index (χ0v) is 22.9. The number of aldehydes is 1. The number of nitrogens with zero attached hydrogens (tertiary/aromatic N) is 1. The second-order valence-electron chi connectivity index (χ2n) is 9.91. The number of hydrogen-bond acceptors (Lipinski definition) is 6. The number of rotatable bonds is 5. The molecular formula is C24H44F3N5O5. The fourth-order valence-electron chi connectivity index (χ4n) is 3.42. The Bertz CT molecular complexity index is 707. The van der Waals surface area contributed by atoms with Crippen molar-refractivity contribution in [2.45, 2.75) is 66.6 Å². The third kappa shape index (κ3) is 15.2. The Balaban J connectivity index is 0. The van der Waals surface area contributed by atoms with E-state index in [1.807, 2.05) is 0 Å². The van der Waals surface area contributed by atoms with Crippen molar-refractivity contribution >= 4 is 30.4 Å². The van der Waals surface area contributed by atoms with Gasteiger partial charge in [0.2, 0.25) is 18.2 Å². The Morgan fingerprint density at radius 1 is 1.14 bits per heavy atom. The highest BCUT2D eigenvalue weighted by molar-refractivity contribution is 5.87. The first kappa shape index (κ1) is 36.5. The van der Waals surface area contributed by atoms with E-state index < -0.39 is 24.5 Å². The van der Waals surface area contributed by atoms with Crippen LogP contribution in [0.2, 0.25) is 0 Å². The van der Waals surface area contributed by atoms with Crippen molar-refractivity contribution < 1.29 is 37.1 Å². The lowest BCUT2D eigenvalue weighted by Gasteiger charge is -2.22. The van der Waals surface area contributed by atoms with Crippen LogP contribution in [-0.2, 0) is 24.0 Å². The molecular weight excluding hydrogens is 495 g/mol. The predicted octanol–water partition coefficient (Wildman–Crippen LogP) is 1.23. The van der Waals surface area contributed by atoms with Gasteiger partial charge in [0.05, 0.1) is 12.6 Å². The number of piperidine rings is 1. The molecule has 3 aliphatic rings. The van der Waals surface area contributed by atoms with Gasteiger partial charge in [-0.05, 0) is 43.6 Å². The van der Waals surface area contributed by atoms with Crippen LogP contribution in [-0.4, -0.2) is 80.8 Å². The first-order valence-electron chi connectivity index (χ1n) is 12.2. The van der Waals surface area contributed by atoms with Crippen molar-refractivity contribution in [2.24, 2.45) is 28.9 Å². The van der Waals surface area contributed by atoms with Crippen molar-refractivity contribution in [2.75, 3.05) is 33.2 Å². The van der Waals surface area contributed by atoms with Crippen LogP contribution >= 0.6 is 0 Å². The summed E-state index contributed by atoms with van der Waals surface area (Å²) >= 11 is 0. The maximum Gasteiger partial charge on any atom is 0.471 e. The predicted molar refractivity (Wildman–Crippen MR) is 134 cm³/mol. The van der Waals surface area contributed by atoms with Gasteiger partial charge in [0.15, 0.2) is 0 Å². The maximum atomic E-state index is 11.9. The van der Waals surface area contributed by atoms with Crippen LogP contribution in [0.3, 0.4) is 0 Å². The molecule has 1 aliphatic carbocycles. The van der Waals surface area contributed by atoms with Crippen LogP contribution < -0.4 is 21.7 Å². The molecule has 5 N–H and O–H groups in total. The standard InChI is InChI=1S/C11H15F3N2O2.C4H7NO2.C4H7NO.C4H10.CH5N/c1-10(2)6-4-16(5-7(6)10)8(17)3-15-9(18)11(12,13)14;1-4(2-6)5-3-7;6-4-2-1-3-5-4;1-4(2)3;1-2/h6-7H,3-5H2,1-2H3,(H,15,18);2-4H,1H3,(H,5,7);1-3H2,(H,5,6);4H,1-3H3;2H2,1H3. The number of nitrogens with one attached hydrogen (secondary N) is 3. The van der Waals surface area contributed by atoms with E-state index in [0.717, 1.165) is 25.3 Å². The van der Waals surface area contributed by atoms with Gasteiger partial charge in [-0.25, -0.2) is 0 Å². The number of likely N-dealkylation sites (tertiary alicyclic amines) is 1. The summed E-state index contributed by atoms with van der Waals surface area (Å²) in [7, 11) is 1.50. The minimum atomic E-state index is -4.94. The zero-order chi connectivity index (χ0) is 29.4. The van der Waals surface area contributed by atoms with E-state index in [1.165, 1.54) is 11.9 Å². The van der Waals surface area contributed by atoms with Crippen molar-refractivity contribution in [3.63, 3.8) is 0 Å². The monoisotopic (exact) mass is 539 g/mol. The number of fused-ring (bicyclic) bond motifs is 1. The van der Waals surface area contributed by atoms with Crippen LogP contribution in [0.4, 0.5) is 13.2 Å². The molecule has 0 radical (unpaired) electrons. The Kier molecular flexibility index (Phi) is 17.4. The van der Waals surface area contributed by atoms with Crippen molar-refractivity contribution in [1.29, 1.82) is 0 Å². The highest BCUT2D eigenvalue weighted by atomic mass is 19.4. The van der Waals surface area contributed by atoms with Gasteiger partial charge in [-0.15, -0.1) is 0 Å². The van der Waals surface area contributed by atoms with Crippen molar-refractivity contribution in [3.05, 3.63) is 0 Å². The van der Waals surface area contributed by atoms with Gasteiger partial charge >= 0.3 is 12.1 Å². The average Bonchev–Trinajstić information content (AvgIpc) is 3.27. The largest absolute Gasteiger partial charge is 0.471 e. The molecule has 0 aromatic carbocycles. The number of hydrogen-bond donors (Lipinski definition) is 4. The van der Waals surface area contributed by atoms with E-state index in [-0.39, 0.29) is 17.4 Å². The molecule has 216 valence electrons. The van der Waals surface area contributed by atoms with Gasteiger partial charge in [-0.1, -0.05) is 34.6 Å². The minimum Gasteiger partial charge on any atom is -0.356 e. The summed E-state index contributed by atoms with van der Waals surface area (Å²) in [5.74, 6) is -0.592. The lowest BCUT2D eigenvalue weighted by Crippen LogP contribution is -2.44. The molecule has 0 aromatic rings. The summed E-state index contributed by atoms with van der Waals surface area (Å²) in [6.07, 6.45) is -2.01. The molecule has 3 fully saturated rings. The maximum absolute atomic E-state index is 11.9. The lowest BCUT2D eigenvalue weighted by atomic mass is 10.1. The first-order chi connectivity index (χ1) is 17.1. The van der Waals surface area contributed by atoms with Crippen LogP contribution in [0.5, 0.6) is 0 Å². The molecule has 3 unspecified atom stereocenters. The molecule has 3 rings (SSSR count). The number of carbonyl (C=O) groups is 5. The van der Waals surface area contributed by atoms with E-state index in [9.17, 15) is 37.1 Å². The molecule has 3 atom stereocenters. The second kappa shape index (κ2) is 17.7. The van der Waals surface area contributed by atoms with Gasteiger partial charge < -0.3 is 31.4 Å². The van der Waals surface area contributed by atoms with E-state index in [1.54, 1.807) is 12.2 Å². The normalized spacial score (nSPS) is 20.9. The number of nitrogens with two attached hydrogens (primary N) is 1. The summed E-state index contributed by atoms with van der Waals surface area (Å²) in [6, 6.07) is -0.350. The Morgan fingerprint density at radius 2 is 1.62 bits per heavy atom. The fourth-order valence-corrected chi connectivity index (χ4v) is 3.42. The third-order valence-electron chi connectivity index (χ3n) is 5.57. The SMILES string of the molecule is CC(C)C.CC(C=O)NC=O.CC1(C)C2CN(C(=O)CNC(=O)C(F)(F)F)CC21.CN.O=C1CCCN1. The molecule has 2 aliphatic heterocycles. The zero-order valence-electron chi connectivity index (χ0n) is 22.9. The summed E-state index contributed by atoms with van der Waals surface area (Å²) in [5, 5.41) is 6.52. The van der Waals surface area contributed by atoms with Gasteiger partial charge in [0, 0.05) is 26.1 Å². The number of alkyl halides is 3. The Hall–Kier alpha value is -2.70. The quantitative estimate of drug-likeness (QED) is 0.386.